The third-order valence-electron chi connectivity index (χ3n) is 6.28. The first-order chi connectivity index (χ1) is 15.8. The summed E-state index contributed by atoms with van der Waals surface area (Å²) in [5.74, 6) is -2.26. The Bertz CT molecular complexity index is 1160. The molecule has 0 saturated heterocycles. The van der Waals surface area contributed by atoms with Crippen LogP contribution in [0.1, 0.15) is 35.7 Å². The quantitative estimate of drug-likeness (QED) is 0.484. The molecule has 0 spiro atoms. The van der Waals surface area contributed by atoms with Crippen LogP contribution in [0.4, 0.5) is 8.78 Å². The Kier molecular flexibility index (Phi) is 6.79. The number of aliphatic carboxylic acids is 1. The van der Waals surface area contributed by atoms with Crippen molar-refractivity contribution in [1.29, 1.82) is 0 Å². The maximum absolute atomic E-state index is 13.8. The molecule has 0 amide bonds. The number of fused-ring (bicyclic) bond motifs is 1. The predicted molar refractivity (Wildman–Crippen MR) is 122 cm³/mol. The van der Waals surface area contributed by atoms with Crippen molar-refractivity contribution in [1.82, 2.24) is 9.88 Å². The first-order valence-electron chi connectivity index (χ1n) is 11.1. The molecule has 1 aromatic heterocycles. The third-order valence-corrected chi connectivity index (χ3v) is 6.28. The van der Waals surface area contributed by atoms with Gasteiger partial charge in [-0.2, -0.15) is 0 Å². The largest absolute Gasteiger partial charge is 0.489 e. The molecule has 33 heavy (non-hydrogen) atoms. The number of aromatic amines is 1. The van der Waals surface area contributed by atoms with Gasteiger partial charge in [-0.3, -0.25) is 9.69 Å². The van der Waals surface area contributed by atoms with Crippen LogP contribution in [-0.4, -0.2) is 34.0 Å². The van der Waals surface area contributed by atoms with Gasteiger partial charge in [-0.1, -0.05) is 19.1 Å². The van der Waals surface area contributed by atoms with Gasteiger partial charge in [-0.15, -0.1) is 0 Å². The van der Waals surface area contributed by atoms with Crippen LogP contribution in [0.3, 0.4) is 0 Å². The van der Waals surface area contributed by atoms with Gasteiger partial charge >= 0.3 is 5.97 Å². The molecule has 7 heteroatoms. The van der Waals surface area contributed by atoms with E-state index in [9.17, 15) is 13.6 Å². The molecule has 5 nitrogen and oxygen atoms in total. The Hall–Kier alpha value is -3.19. The van der Waals surface area contributed by atoms with Crippen molar-refractivity contribution >= 4 is 5.97 Å². The number of aromatic nitrogens is 1. The highest BCUT2D eigenvalue weighted by molar-refractivity contribution is 5.69. The molecule has 2 N–H and O–H groups in total. The highest BCUT2D eigenvalue weighted by Gasteiger charge is 2.21. The molecular weight excluding hydrogens is 426 g/mol. The fourth-order valence-corrected chi connectivity index (χ4v) is 4.18. The number of rotatable bonds is 8. The van der Waals surface area contributed by atoms with Crippen LogP contribution in [0.5, 0.6) is 5.75 Å². The number of H-pyrrole nitrogens is 1. The van der Waals surface area contributed by atoms with Gasteiger partial charge < -0.3 is 14.8 Å². The van der Waals surface area contributed by atoms with Gasteiger partial charge in [-0.05, 0) is 61.3 Å². The molecular formula is C26H28F2N2O3. The lowest BCUT2D eigenvalue weighted by atomic mass is 10.0. The lowest BCUT2D eigenvalue weighted by Gasteiger charge is -2.27. The highest BCUT2D eigenvalue weighted by Crippen LogP contribution is 2.31. The molecule has 1 unspecified atom stereocenters. The Balaban J connectivity index is 1.42. The monoisotopic (exact) mass is 454 g/mol. The number of carbonyl (C=O) groups is 1. The maximum Gasteiger partial charge on any atom is 0.306 e. The van der Waals surface area contributed by atoms with E-state index in [1.54, 1.807) is 6.92 Å². The fraction of sp³-hybridized carbons (Fsp3) is 0.346. The number of nitrogens with zero attached hydrogens (tertiary/aromatic N) is 1. The summed E-state index contributed by atoms with van der Waals surface area (Å²) in [7, 11) is 0. The minimum Gasteiger partial charge on any atom is -0.489 e. The summed E-state index contributed by atoms with van der Waals surface area (Å²) < 4.78 is 32.9. The second-order valence-corrected chi connectivity index (χ2v) is 8.72. The lowest BCUT2D eigenvalue weighted by Crippen LogP contribution is -2.32. The summed E-state index contributed by atoms with van der Waals surface area (Å²) in [6.45, 7) is 6.17. The zero-order valence-corrected chi connectivity index (χ0v) is 18.8. The van der Waals surface area contributed by atoms with Gasteiger partial charge in [0, 0.05) is 42.0 Å². The van der Waals surface area contributed by atoms with Crippen LogP contribution < -0.4 is 4.74 Å². The molecule has 4 rings (SSSR count). The molecule has 2 heterocycles. The molecule has 1 aliphatic heterocycles. The maximum atomic E-state index is 13.8. The van der Waals surface area contributed by atoms with E-state index in [4.69, 9.17) is 9.84 Å². The van der Waals surface area contributed by atoms with Crippen molar-refractivity contribution in [3.8, 4) is 17.0 Å². The molecule has 0 saturated carbocycles. The number of ether oxygens (including phenoxy) is 1. The second-order valence-electron chi connectivity index (χ2n) is 8.72. The van der Waals surface area contributed by atoms with Crippen molar-refractivity contribution < 1.29 is 23.4 Å². The minimum absolute atomic E-state index is 0.0461. The molecule has 3 aromatic rings. The number of carboxylic acids is 1. The molecule has 0 fully saturated rings. The van der Waals surface area contributed by atoms with E-state index in [-0.39, 0.29) is 18.1 Å². The lowest BCUT2D eigenvalue weighted by molar-refractivity contribution is -0.141. The van der Waals surface area contributed by atoms with Gasteiger partial charge in [0.2, 0.25) is 0 Å². The van der Waals surface area contributed by atoms with Crippen LogP contribution in [0.2, 0.25) is 0 Å². The summed E-state index contributed by atoms with van der Waals surface area (Å²) in [5.41, 5.74) is 5.73. The van der Waals surface area contributed by atoms with Crippen LogP contribution >= 0.6 is 0 Å². The van der Waals surface area contributed by atoms with E-state index in [1.807, 2.05) is 25.1 Å². The molecule has 0 aliphatic carbocycles. The van der Waals surface area contributed by atoms with E-state index < -0.39 is 17.6 Å². The van der Waals surface area contributed by atoms with E-state index >= 15 is 0 Å². The van der Waals surface area contributed by atoms with Crippen LogP contribution in [0.25, 0.3) is 11.3 Å². The van der Waals surface area contributed by atoms with E-state index in [1.165, 1.54) is 23.4 Å². The first kappa shape index (κ1) is 23.0. The highest BCUT2D eigenvalue weighted by atomic mass is 19.2. The van der Waals surface area contributed by atoms with Crippen LogP contribution in [-0.2, 0) is 24.4 Å². The number of hydrogen-bond donors (Lipinski definition) is 2. The molecule has 1 aliphatic rings. The summed E-state index contributed by atoms with van der Waals surface area (Å²) in [6, 6.07) is 11.9. The Morgan fingerprint density at radius 1 is 1.24 bits per heavy atom. The minimum atomic E-state index is -0.881. The van der Waals surface area contributed by atoms with Gasteiger partial charge in [0.05, 0.1) is 5.92 Å². The Morgan fingerprint density at radius 3 is 2.82 bits per heavy atom. The van der Waals surface area contributed by atoms with Crippen molar-refractivity contribution in [2.75, 3.05) is 13.1 Å². The second kappa shape index (κ2) is 9.75. The number of halogens is 2. The van der Waals surface area contributed by atoms with E-state index in [0.717, 1.165) is 48.9 Å². The zero-order chi connectivity index (χ0) is 23.5. The standard InChI is InChI=1S/C26H28F2N2O3/c1-16(26(31)32)8-10-30-11-9-23-19(14-30)13-24(29-23)21-7-6-20(12-17(21)2)33-15-18-4-3-5-22(27)25(18)28/h3-7,12-13,16,29H,8-11,14-15H2,1-2H3,(H,31,32). The average molecular weight is 455 g/mol. The summed E-state index contributed by atoms with van der Waals surface area (Å²) in [4.78, 5) is 16.9. The third kappa shape index (κ3) is 5.25. The van der Waals surface area contributed by atoms with Crippen LogP contribution in [0.15, 0.2) is 42.5 Å². The number of benzene rings is 2. The van der Waals surface area contributed by atoms with Crippen molar-refractivity contribution in [3.63, 3.8) is 0 Å². The molecule has 0 bridgehead atoms. The van der Waals surface area contributed by atoms with Crippen molar-refractivity contribution in [3.05, 3.63) is 76.5 Å². The number of nitrogens with one attached hydrogen (secondary N) is 1. The Morgan fingerprint density at radius 2 is 2.06 bits per heavy atom. The number of aryl methyl sites for hydroxylation is 1. The van der Waals surface area contributed by atoms with Crippen molar-refractivity contribution in [2.24, 2.45) is 5.92 Å². The topological polar surface area (TPSA) is 65.6 Å². The smallest absolute Gasteiger partial charge is 0.306 e. The molecule has 2 aromatic carbocycles. The van der Waals surface area contributed by atoms with E-state index in [0.29, 0.717) is 12.2 Å². The van der Waals surface area contributed by atoms with Gasteiger partial charge in [0.1, 0.15) is 12.4 Å². The van der Waals surface area contributed by atoms with Gasteiger partial charge in [0.25, 0.3) is 0 Å². The summed E-state index contributed by atoms with van der Waals surface area (Å²) in [6.07, 6.45) is 1.54. The average Bonchev–Trinajstić information content (AvgIpc) is 3.21. The zero-order valence-electron chi connectivity index (χ0n) is 18.8. The fourth-order valence-electron chi connectivity index (χ4n) is 4.18. The van der Waals surface area contributed by atoms with Gasteiger partial charge in [-0.25, -0.2) is 8.78 Å². The van der Waals surface area contributed by atoms with Gasteiger partial charge in [0.15, 0.2) is 11.6 Å². The van der Waals surface area contributed by atoms with Crippen LogP contribution in [0, 0.1) is 24.5 Å². The predicted octanol–water partition coefficient (Wildman–Crippen LogP) is 5.32. The number of carboxylic acid groups (broad SMARTS) is 1. The molecule has 174 valence electrons. The normalized spacial score (nSPS) is 14.7. The Labute approximate surface area is 192 Å². The molecule has 1 atom stereocenters. The molecule has 0 radical (unpaired) electrons. The van der Waals surface area contributed by atoms with E-state index in [2.05, 4.69) is 16.0 Å². The summed E-state index contributed by atoms with van der Waals surface area (Å²) >= 11 is 0. The van der Waals surface area contributed by atoms with Crippen molar-refractivity contribution in [2.45, 2.75) is 39.8 Å². The summed E-state index contributed by atoms with van der Waals surface area (Å²) in [5, 5.41) is 9.09. The first-order valence-corrected chi connectivity index (χ1v) is 11.1. The number of hydrogen-bond acceptors (Lipinski definition) is 3. The SMILES string of the molecule is Cc1cc(OCc2cccc(F)c2F)ccc1-c1cc2c([nH]1)CCN(CCC(C)C(=O)O)C2.